The van der Waals surface area contributed by atoms with Gasteiger partial charge in [-0.2, -0.15) is 0 Å². The Kier molecular flexibility index (Phi) is 7.27. The maximum absolute atomic E-state index is 11.7. The Balaban J connectivity index is 1.96. The van der Waals surface area contributed by atoms with Gasteiger partial charge in [0.15, 0.2) is 0 Å². The lowest BCUT2D eigenvalue weighted by Crippen LogP contribution is -2.40. The van der Waals surface area contributed by atoms with E-state index in [1.165, 1.54) is 7.11 Å². The van der Waals surface area contributed by atoms with Crippen LogP contribution in [-0.2, 0) is 4.79 Å². The zero-order valence-electron chi connectivity index (χ0n) is 14.7. The molecule has 9 nitrogen and oxygen atoms in total. The van der Waals surface area contributed by atoms with Crippen molar-refractivity contribution in [2.24, 2.45) is 0 Å². The molecule has 0 fully saturated rings. The summed E-state index contributed by atoms with van der Waals surface area (Å²) in [6, 6.07) is 4.67. The first-order chi connectivity index (χ1) is 12.6. The molecule has 26 heavy (non-hydrogen) atoms. The standard InChI is InChI=1S/C16H20N4O5S/c1-4-7-17-15(22)18-13(21)9-26-16-20-19-14(25-16)11-6-5-10(23-2)8-12(11)24-3/h5-6,8H,4,7,9H2,1-3H3,(H2,17,18,21,22). The Morgan fingerprint density at radius 3 is 2.73 bits per heavy atom. The van der Waals surface area contributed by atoms with Crippen LogP contribution in [0.3, 0.4) is 0 Å². The molecular weight excluding hydrogens is 360 g/mol. The molecule has 10 heteroatoms. The number of thioether (sulfide) groups is 1. The van der Waals surface area contributed by atoms with E-state index in [0.29, 0.717) is 23.6 Å². The highest BCUT2D eigenvalue weighted by atomic mass is 32.2. The molecule has 2 rings (SSSR count). The SMILES string of the molecule is CCCNC(=O)NC(=O)CSc1nnc(-c2ccc(OC)cc2OC)o1. The number of hydrogen-bond acceptors (Lipinski definition) is 8. The summed E-state index contributed by atoms with van der Waals surface area (Å²) in [5.74, 6) is 0.937. The quantitative estimate of drug-likeness (QED) is 0.669. The van der Waals surface area contributed by atoms with Gasteiger partial charge in [0.2, 0.25) is 5.91 Å². The highest BCUT2D eigenvalue weighted by Crippen LogP contribution is 2.33. The third-order valence-electron chi connectivity index (χ3n) is 3.16. The topological polar surface area (TPSA) is 116 Å². The molecule has 0 saturated heterocycles. The molecule has 1 heterocycles. The van der Waals surface area contributed by atoms with E-state index in [9.17, 15) is 9.59 Å². The summed E-state index contributed by atoms with van der Waals surface area (Å²) in [6.07, 6.45) is 0.788. The van der Waals surface area contributed by atoms with Gasteiger partial charge >= 0.3 is 6.03 Å². The highest BCUT2D eigenvalue weighted by molar-refractivity contribution is 7.99. The van der Waals surface area contributed by atoms with E-state index in [2.05, 4.69) is 20.8 Å². The summed E-state index contributed by atoms with van der Waals surface area (Å²) in [5.41, 5.74) is 0.607. The third-order valence-corrected chi connectivity index (χ3v) is 3.98. The van der Waals surface area contributed by atoms with Crippen LogP contribution < -0.4 is 20.1 Å². The molecule has 0 aliphatic rings. The second-order valence-electron chi connectivity index (χ2n) is 5.03. The predicted octanol–water partition coefficient (Wildman–Crippen LogP) is 2.08. The van der Waals surface area contributed by atoms with Gasteiger partial charge in [0.1, 0.15) is 11.5 Å². The van der Waals surface area contributed by atoms with Crippen molar-refractivity contribution in [3.63, 3.8) is 0 Å². The lowest BCUT2D eigenvalue weighted by Gasteiger charge is -2.07. The lowest BCUT2D eigenvalue weighted by atomic mass is 10.2. The minimum Gasteiger partial charge on any atom is -0.497 e. The number of carbonyl (C=O) groups excluding carboxylic acids is 2. The normalized spacial score (nSPS) is 10.3. The van der Waals surface area contributed by atoms with Crippen LogP contribution in [0.5, 0.6) is 11.5 Å². The van der Waals surface area contributed by atoms with E-state index in [1.54, 1.807) is 25.3 Å². The summed E-state index contributed by atoms with van der Waals surface area (Å²) in [4.78, 5) is 23.1. The minimum absolute atomic E-state index is 0.0269. The fourth-order valence-electron chi connectivity index (χ4n) is 1.92. The maximum Gasteiger partial charge on any atom is 0.321 e. The largest absolute Gasteiger partial charge is 0.497 e. The molecule has 1 aromatic carbocycles. The number of rotatable bonds is 8. The number of urea groups is 1. The third kappa shape index (κ3) is 5.38. The Bertz CT molecular complexity index is 765. The Hall–Kier alpha value is -2.75. The molecule has 1 aromatic heterocycles. The monoisotopic (exact) mass is 380 g/mol. The molecular formula is C16H20N4O5S. The molecule has 140 valence electrons. The van der Waals surface area contributed by atoms with E-state index in [1.807, 2.05) is 6.92 Å². The second-order valence-corrected chi connectivity index (χ2v) is 5.96. The van der Waals surface area contributed by atoms with E-state index < -0.39 is 11.9 Å². The van der Waals surface area contributed by atoms with E-state index >= 15 is 0 Å². The second kappa shape index (κ2) is 9.66. The van der Waals surface area contributed by atoms with Crippen LogP contribution in [0, 0.1) is 0 Å². The van der Waals surface area contributed by atoms with Crippen LogP contribution >= 0.6 is 11.8 Å². The van der Waals surface area contributed by atoms with Gasteiger partial charge in [-0.05, 0) is 18.6 Å². The zero-order valence-corrected chi connectivity index (χ0v) is 15.5. The van der Waals surface area contributed by atoms with Gasteiger partial charge < -0.3 is 19.2 Å². The summed E-state index contributed by atoms with van der Waals surface area (Å²) >= 11 is 1.03. The van der Waals surface area contributed by atoms with Crippen molar-refractivity contribution in [2.45, 2.75) is 18.6 Å². The first-order valence-corrected chi connectivity index (χ1v) is 8.82. The fourth-order valence-corrected chi connectivity index (χ4v) is 2.49. The van der Waals surface area contributed by atoms with Gasteiger partial charge in [0.25, 0.3) is 11.1 Å². The molecule has 0 radical (unpaired) electrons. The van der Waals surface area contributed by atoms with E-state index in [4.69, 9.17) is 13.9 Å². The Morgan fingerprint density at radius 2 is 2.04 bits per heavy atom. The van der Waals surface area contributed by atoms with Crippen molar-refractivity contribution in [1.29, 1.82) is 0 Å². The van der Waals surface area contributed by atoms with Crippen LogP contribution in [0.25, 0.3) is 11.5 Å². The number of carbonyl (C=O) groups is 2. The Morgan fingerprint density at radius 1 is 1.23 bits per heavy atom. The van der Waals surface area contributed by atoms with Crippen molar-refractivity contribution in [2.75, 3.05) is 26.5 Å². The zero-order chi connectivity index (χ0) is 18.9. The number of amides is 3. The van der Waals surface area contributed by atoms with Crippen molar-refractivity contribution < 1.29 is 23.5 Å². The number of hydrogen-bond donors (Lipinski definition) is 2. The van der Waals surface area contributed by atoms with Gasteiger partial charge in [-0.3, -0.25) is 10.1 Å². The smallest absolute Gasteiger partial charge is 0.321 e. The van der Waals surface area contributed by atoms with Crippen LogP contribution in [0.4, 0.5) is 4.79 Å². The molecule has 0 atom stereocenters. The van der Waals surface area contributed by atoms with Crippen LogP contribution in [0.15, 0.2) is 27.8 Å². The van der Waals surface area contributed by atoms with Crippen molar-refractivity contribution >= 4 is 23.7 Å². The van der Waals surface area contributed by atoms with Gasteiger partial charge in [0.05, 0.1) is 25.5 Å². The first kappa shape index (κ1) is 19.6. The number of ether oxygens (including phenoxy) is 2. The molecule has 0 aliphatic heterocycles. The van der Waals surface area contributed by atoms with Crippen LogP contribution in [0.1, 0.15) is 13.3 Å². The number of methoxy groups -OCH3 is 2. The maximum atomic E-state index is 11.7. The number of aromatic nitrogens is 2. The number of nitrogens with one attached hydrogen (secondary N) is 2. The van der Waals surface area contributed by atoms with Crippen LogP contribution in [0.2, 0.25) is 0 Å². The van der Waals surface area contributed by atoms with Crippen LogP contribution in [-0.4, -0.2) is 48.7 Å². The number of nitrogens with zero attached hydrogens (tertiary/aromatic N) is 2. The molecule has 0 aliphatic carbocycles. The van der Waals surface area contributed by atoms with Gasteiger partial charge in [0, 0.05) is 12.6 Å². The molecule has 2 N–H and O–H groups in total. The lowest BCUT2D eigenvalue weighted by molar-refractivity contribution is -0.117. The molecule has 0 bridgehead atoms. The average molecular weight is 380 g/mol. The molecule has 3 amide bonds. The number of benzene rings is 1. The number of imide groups is 1. The average Bonchev–Trinajstić information content (AvgIpc) is 3.12. The first-order valence-electron chi connectivity index (χ1n) is 7.83. The fraction of sp³-hybridized carbons (Fsp3) is 0.375. The summed E-state index contributed by atoms with van der Waals surface area (Å²) in [6.45, 7) is 2.42. The predicted molar refractivity (Wildman–Crippen MR) is 95.4 cm³/mol. The molecule has 0 spiro atoms. The summed E-state index contributed by atoms with van der Waals surface area (Å²) < 4.78 is 16.0. The van der Waals surface area contributed by atoms with Crippen molar-refractivity contribution in [3.05, 3.63) is 18.2 Å². The Labute approximate surface area is 154 Å². The van der Waals surface area contributed by atoms with E-state index in [0.717, 1.165) is 18.2 Å². The molecule has 0 unspecified atom stereocenters. The minimum atomic E-state index is -0.522. The van der Waals surface area contributed by atoms with Crippen molar-refractivity contribution in [3.8, 4) is 23.0 Å². The van der Waals surface area contributed by atoms with Gasteiger partial charge in [-0.25, -0.2) is 4.79 Å². The van der Waals surface area contributed by atoms with Gasteiger partial charge in [-0.15, -0.1) is 10.2 Å². The van der Waals surface area contributed by atoms with Gasteiger partial charge in [-0.1, -0.05) is 18.7 Å². The summed E-state index contributed by atoms with van der Waals surface area (Å²) in [5, 5.41) is 12.8. The van der Waals surface area contributed by atoms with Crippen molar-refractivity contribution in [1.82, 2.24) is 20.8 Å². The highest BCUT2D eigenvalue weighted by Gasteiger charge is 2.16. The summed E-state index contributed by atoms with van der Waals surface area (Å²) in [7, 11) is 3.09. The molecule has 2 aromatic rings. The molecule has 0 saturated carbocycles. The van der Waals surface area contributed by atoms with E-state index in [-0.39, 0.29) is 16.9 Å².